The van der Waals surface area contributed by atoms with Crippen molar-refractivity contribution in [2.24, 2.45) is 0 Å². The molecule has 16 heavy (non-hydrogen) atoms. The summed E-state index contributed by atoms with van der Waals surface area (Å²) in [6, 6.07) is 8.98. The van der Waals surface area contributed by atoms with Gasteiger partial charge in [0.05, 0.1) is 17.4 Å². The summed E-state index contributed by atoms with van der Waals surface area (Å²) >= 11 is 1.55. The monoisotopic (exact) mass is 235 g/mol. The molecule has 0 spiro atoms. The molecule has 0 atom stereocenters. The van der Waals surface area contributed by atoms with Crippen LogP contribution in [0, 0.1) is 0 Å². The van der Waals surface area contributed by atoms with Gasteiger partial charge in [-0.05, 0) is 12.1 Å². The van der Waals surface area contributed by atoms with Crippen LogP contribution in [0.15, 0.2) is 39.9 Å². The summed E-state index contributed by atoms with van der Waals surface area (Å²) in [5.74, 6) is 1.10. The fraction of sp³-hybridized carbons (Fsp3) is 0.200. The second-order valence-electron chi connectivity index (χ2n) is 3.50. The van der Waals surface area contributed by atoms with Crippen LogP contribution in [-0.2, 0) is 11.8 Å². The molecule has 2 aromatic rings. The van der Waals surface area contributed by atoms with Crippen LogP contribution in [0.25, 0.3) is 5.69 Å². The topological polar surface area (TPSA) is 48.9 Å². The predicted molar refractivity (Wildman–Crippen MR) is 61.9 cm³/mol. The molecular weight excluding hydrogens is 226 g/mol. The van der Waals surface area contributed by atoms with Crippen LogP contribution in [0.2, 0.25) is 0 Å². The quantitative estimate of drug-likeness (QED) is 0.721. The SMILES string of the molecule is O=c1n(-c2ccccc2)c(=O)n2n1CSC2. The summed E-state index contributed by atoms with van der Waals surface area (Å²) in [6.45, 7) is 0. The van der Waals surface area contributed by atoms with Crippen molar-refractivity contribution in [1.29, 1.82) is 0 Å². The van der Waals surface area contributed by atoms with Crippen LogP contribution in [0.4, 0.5) is 0 Å². The van der Waals surface area contributed by atoms with E-state index in [2.05, 4.69) is 0 Å². The molecule has 6 heteroatoms. The van der Waals surface area contributed by atoms with Crippen LogP contribution in [-0.4, -0.2) is 13.9 Å². The van der Waals surface area contributed by atoms with Crippen molar-refractivity contribution in [3.63, 3.8) is 0 Å². The molecular formula is C10H9N3O2S. The van der Waals surface area contributed by atoms with Crippen LogP contribution >= 0.6 is 11.8 Å². The standard InChI is InChI=1S/C10H9N3O2S/c14-9-11-6-16-7-12(11)10(15)13(9)8-4-2-1-3-5-8/h1-5H,6-7H2. The first-order chi connectivity index (χ1) is 7.79. The van der Waals surface area contributed by atoms with Gasteiger partial charge in [-0.1, -0.05) is 18.2 Å². The third kappa shape index (κ3) is 1.19. The minimum Gasteiger partial charge on any atom is -0.245 e. The van der Waals surface area contributed by atoms with E-state index in [0.29, 0.717) is 17.4 Å². The first kappa shape index (κ1) is 9.53. The number of hydrogen-bond donors (Lipinski definition) is 0. The van der Waals surface area contributed by atoms with Crippen LogP contribution in [0.5, 0.6) is 0 Å². The summed E-state index contributed by atoms with van der Waals surface area (Å²) in [5, 5.41) is 0. The molecule has 3 rings (SSSR count). The van der Waals surface area contributed by atoms with Crippen molar-refractivity contribution in [3.05, 3.63) is 51.3 Å². The number of rotatable bonds is 1. The molecule has 1 aliphatic heterocycles. The Morgan fingerprint density at radius 1 is 0.938 bits per heavy atom. The van der Waals surface area contributed by atoms with E-state index < -0.39 is 0 Å². The molecule has 0 fully saturated rings. The Balaban J connectivity index is 2.32. The summed E-state index contributed by atoms with van der Waals surface area (Å²) in [5.41, 5.74) is 0.0966. The lowest BCUT2D eigenvalue weighted by molar-refractivity contribution is 0.580. The van der Waals surface area contributed by atoms with Gasteiger partial charge in [0.1, 0.15) is 0 Å². The number of benzene rings is 1. The molecule has 0 aliphatic carbocycles. The molecule has 0 saturated heterocycles. The highest BCUT2D eigenvalue weighted by atomic mass is 32.2. The van der Waals surface area contributed by atoms with Gasteiger partial charge in [0.25, 0.3) is 0 Å². The van der Waals surface area contributed by atoms with Crippen molar-refractivity contribution in [2.75, 3.05) is 0 Å². The Morgan fingerprint density at radius 2 is 1.50 bits per heavy atom. The van der Waals surface area contributed by atoms with Gasteiger partial charge in [-0.15, -0.1) is 11.8 Å². The molecule has 0 unspecified atom stereocenters. The minimum atomic E-state index is -0.263. The number of hydrogen-bond acceptors (Lipinski definition) is 3. The molecule has 0 saturated carbocycles. The minimum absolute atomic E-state index is 0.263. The molecule has 0 amide bonds. The van der Waals surface area contributed by atoms with E-state index in [1.165, 1.54) is 13.9 Å². The Labute approximate surface area is 94.9 Å². The van der Waals surface area contributed by atoms with Gasteiger partial charge < -0.3 is 0 Å². The first-order valence-electron chi connectivity index (χ1n) is 4.85. The largest absolute Gasteiger partial charge is 0.352 e. The van der Waals surface area contributed by atoms with Crippen LogP contribution in [0.3, 0.4) is 0 Å². The van der Waals surface area contributed by atoms with Crippen LogP contribution in [0.1, 0.15) is 0 Å². The van der Waals surface area contributed by atoms with Crippen molar-refractivity contribution in [3.8, 4) is 5.69 Å². The van der Waals surface area contributed by atoms with Gasteiger partial charge in [0.2, 0.25) is 0 Å². The highest BCUT2D eigenvalue weighted by Crippen LogP contribution is 2.13. The van der Waals surface area contributed by atoms with Gasteiger partial charge >= 0.3 is 11.4 Å². The van der Waals surface area contributed by atoms with Crippen molar-refractivity contribution < 1.29 is 0 Å². The number of nitrogens with zero attached hydrogens (tertiary/aromatic N) is 3. The van der Waals surface area contributed by atoms with Crippen molar-refractivity contribution in [1.82, 2.24) is 13.9 Å². The molecule has 2 heterocycles. The smallest absolute Gasteiger partial charge is 0.245 e. The van der Waals surface area contributed by atoms with E-state index in [0.717, 1.165) is 0 Å². The average Bonchev–Trinajstić information content (AvgIpc) is 2.86. The van der Waals surface area contributed by atoms with Gasteiger partial charge in [0.15, 0.2) is 0 Å². The summed E-state index contributed by atoms with van der Waals surface area (Å²) in [6.07, 6.45) is 0. The summed E-state index contributed by atoms with van der Waals surface area (Å²) < 4.78 is 4.15. The predicted octanol–water partition coefficient (Wildman–Crippen LogP) is 0.462. The first-order valence-corrected chi connectivity index (χ1v) is 6.00. The molecule has 1 aromatic carbocycles. The zero-order chi connectivity index (χ0) is 11.1. The fourth-order valence-corrected chi connectivity index (χ4v) is 2.71. The van der Waals surface area contributed by atoms with Gasteiger partial charge in [-0.2, -0.15) is 0 Å². The Hall–Kier alpha value is -1.69. The number of fused-ring (bicyclic) bond motifs is 1. The number of aromatic nitrogens is 3. The zero-order valence-corrected chi connectivity index (χ0v) is 9.18. The Kier molecular flexibility index (Phi) is 2.03. The molecule has 82 valence electrons. The fourth-order valence-electron chi connectivity index (χ4n) is 1.78. The lowest BCUT2D eigenvalue weighted by Gasteiger charge is -1.97. The highest BCUT2D eigenvalue weighted by Gasteiger charge is 2.20. The molecule has 0 bridgehead atoms. The zero-order valence-electron chi connectivity index (χ0n) is 8.37. The molecule has 0 N–H and O–H groups in total. The maximum absolute atomic E-state index is 12.0. The number of para-hydroxylation sites is 1. The van der Waals surface area contributed by atoms with E-state index in [9.17, 15) is 9.59 Å². The lowest BCUT2D eigenvalue weighted by Crippen LogP contribution is -2.27. The van der Waals surface area contributed by atoms with Crippen molar-refractivity contribution >= 4 is 11.8 Å². The molecule has 5 nitrogen and oxygen atoms in total. The summed E-state index contributed by atoms with van der Waals surface area (Å²) in [7, 11) is 0. The maximum Gasteiger partial charge on any atom is 0.352 e. The second kappa shape index (κ2) is 3.41. The van der Waals surface area contributed by atoms with Crippen LogP contribution < -0.4 is 11.4 Å². The van der Waals surface area contributed by atoms with Crippen molar-refractivity contribution in [2.45, 2.75) is 11.8 Å². The van der Waals surface area contributed by atoms with E-state index in [-0.39, 0.29) is 11.4 Å². The molecule has 0 radical (unpaired) electrons. The Bertz CT molecular complexity index is 603. The molecule has 1 aliphatic rings. The normalized spacial score (nSPS) is 14.0. The van der Waals surface area contributed by atoms with Gasteiger partial charge in [0, 0.05) is 0 Å². The third-order valence-corrected chi connectivity index (χ3v) is 3.41. The van der Waals surface area contributed by atoms with E-state index >= 15 is 0 Å². The average molecular weight is 235 g/mol. The second-order valence-corrected chi connectivity index (χ2v) is 4.42. The van der Waals surface area contributed by atoms with Gasteiger partial charge in [-0.3, -0.25) is 0 Å². The Morgan fingerprint density at radius 3 is 2.06 bits per heavy atom. The van der Waals surface area contributed by atoms with E-state index in [4.69, 9.17) is 0 Å². The van der Waals surface area contributed by atoms with E-state index in [1.807, 2.05) is 18.2 Å². The number of thioether (sulfide) groups is 1. The maximum atomic E-state index is 12.0. The highest BCUT2D eigenvalue weighted by molar-refractivity contribution is 7.97. The lowest BCUT2D eigenvalue weighted by atomic mass is 10.3. The van der Waals surface area contributed by atoms with Gasteiger partial charge in [-0.25, -0.2) is 23.5 Å². The summed E-state index contributed by atoms with van der Waals surface area (Å²) in [4.78, 5) is 23.9. The third-order valence-electron chi connectivity index (χ3n) is 2.56. The molecule has 1 aromatic heterocycles. The van der Waals surface area contributed by atoms with E-state index in [1.54, 1.807) is 23.9 Å².